The van der Waals surface area contributed by atoms with Crippen molar-refractivity contribution in [3.05, 3.63) is 65.0 Å². The molecule has 20 heavy (non-hydrogen) atoms. The maximum Gasteiger partial charge on any atom is 0.123 e. The Hall–Kier alpha value is -1.87. The van der Waals surface area contributed by atoms with Crippen molar-refractivity contribution in [3.63, 3.8) is 0 Å². The van der Waals surface area contributed by atoms with Gasteiger partial charge in [-0.3, -0.25) is 0 Å². The van der Waals surface area contributed by atoms with Crippen molar-refractivity contribution in [2.45, 2.75) is 25.8 Å². The van der Waals surface area contributed by atoms with E-state index in [9.17, 15) is 4.39 Å². The molecule has 1 unspecified atom stereocenters. The average Bonchev–Trinajstić information content (AvgIpc) is 2.42. The van der Waals surface area contributed by atoms with Gasteiger partial charge < -0.3 is 10.5 Å². The van der Waals surface area contributed by atoms with E-state index in [4.69, 9.17) is 10.5 Å². The molecule has 0 amide bonds. The fourth-order valence-corrected chi connectivity index (χ4v) is 2.40. The van der Waals surface area contributed by atoms with Crippen LogP contribution in [0.5, 0.6) is 5.75 Å². The number of aryl methyl sites for hydroxylation is 1. The predicted octanol–water partition coefficient (Wildman–Crippen LogP) is 3.26. The summed E-state index contributed by atoms with van der Waals surface area (Å²) in [7, 11) is 1.66. The van der Waals surface area contributed by atoms with Crippen molar-refractivity contribution in [2.24, 2.45) is 5.73 Å². The number of ether oxygens (including phenoxy) is 1. The van der Waals surface area contributed by atoms with Gasteiger partial charge in [0, 0.05) is 6.04 Å². The molecule has 0 aromatic heterocycles. The summed E-state index contributed by atoms with van der Waals surface area (Å²) in [6.07, 6.45) is 1.46. The maximum atomic E-state index is 13.1. The van der Waals surface area contributed by atoms with Crippen molar-refractivity contribution in [1.82, 2.24) is 0 Å². The Morgan fingerprint density at radius 2 is 1.80 bits per heavy atom. The summed E-state index contributed by atoms with van der Waals surface area (Å²) >= 11 is 0. The van der Waals surface area contributed by atoms with E-state index in [0.29, 0.717) is 0 Å². The highest BCUT2D eigenvalue weighted by Gasteiger charge is 2.10. The topological polar surface area (TPSA) is 35.2 Å². The van der Waals surface area contributed by atoms with Crippen molar-refractivity contribution in [1.29, 1.82) is 0 Å². The van der Waals surface area contributed by atoms with E-state index in [1.807, 2.05) is 37.3 Å². The van der Waals surface area contributed by atoms with E-state index in [1.54, 1.807) is 13.2 Å². The molecule has 106 valence electrons. The van der Waals surface area contributed by atoms with Crippen molar-refractivity contribution >= 4 is 0 Å². The lowest BCUT2D eigenvalue weighted by molar-refractivity contribution is 0.407. The lowest BCUT2D eigenvalue weighted by Crippen LogP contribution is -2.26. The molecule has 0 fully saturated rings. The summed E-state index contributed by atoms with van der Waals surface area (Å²) in [4.78, 5) is 0. The first-order chi connectivity index (χ1) is 9.60. The first-order valence-corrected chi connectivity index (χ1v) is 6.72. The number of nitrogens with two attached hydrogens (primary N) is 1. The molecule has 0 heterocycles. The smallest absolute Gasteiger partial charge is 0.123 e. The van der Waals surface area contributed by atoms with Crippen LogP contribution in [0.3, 0.4) is 0 Å². The summed E-state index contributed by atoms with van der Waals surface area (Å²) in [5.74, 6) is 0.656. The highest BCUT2D eigenvalue weighted by molar-refractivity contribution is 5.34. The van der Waals surface area contributed by atoms with Gasteiger partial charge >= 0.3 is 0 Å². The average molecular weight is 273 g/mol. The van der Waals surface area contributed by atoms with Crippen molar-refractivity contribution < 1.29 is 9.13 Å². The number of hydrogen-bond acceptors (Lipinski definition) is 2. The van der Waals surface area contributed by atoms with Crippen LogP contribution in [0.1, 0.15) is 16.7 Å². The largest absolute Gasteiger partial charge is 0.496 e. The van der Waals surface area contributed by atoms with Gasteiger partial charge in [-0.05, 0) is 54.7 Å². The predicted molar refractivity (Wildman–Crippen MR) is 79.5 cm³/mol. The zero-order chi connectivity index (χ0) is 14.5. The minimum atomic E-state index is -0.204. The molecule has 0 aliphatic rings. The Morgan fingerprint density at radius 1 is 1.10 bits per heavy atom. The van der Waals surface area contributed by atoms with Crippen LogP contribution in [-0.4, -0.2) is 13.2 Å². The normalized spacial score (nSPS) is 12.2. The first-order valence-electron chi connectivity index (χ1n) is 6.72. The number of hydrogen-bond donors (Lipinski definition) is 1. The molecule has 0 aliphatic heterocycles. The molecule has 2 aromatic rings. The molecule has 0 radical (unpaired) electrons. The molecule has 2 nitrogen and oxygen atoms in total. The molecule has 2 rings (SSSR count). The number of rotatable bonds is 5. The van der Waals surface area contributed by atoms with Gasteiger partial charge in [0.25, 0.3) is 0 Å². The minimum absolute atomic E-state index is 0.0181. The van der Waals surface area contributed by atoms with Crippen LogP contribution in [0, 0.1) is 12.7 Å². The fraction of sp³-hybridized carbons (Fsp3) is 0.294. The monoisotopic (exact) mass is 273 g/mol. The number of benzene rings is 2. The number of halogens is 1. The van der Waals surface area contributed by atoms with Gasteiger partial charge in [-0.1, -0.05) is 24.3 Å². The van der Waals surface area contributed by atoms with Gasteiger partial charge in [-0.25, -0.2) is 4.39 Å². The lowest BCUT2D eigenvalue weighted by atomic mass is 9.96. The standard InChI is InChI=1S/C17H20FNO/c1-12-9-15(18)8-7-13(12)10-16(19)11-14-5-3-4-6-17(14)20-2/h3-9,16H,10-11,19H2,1-2H3. The molecule has 0 spiro atoms. The molecule has 0 saturated heterocycles. The SMILES string of the molecule is COc1ccccc1CC(N)Cc1ccc(F)cc1C. The Labute approximate surface area is 119 Å². The molecular formula is C17H20FNO. The Morgan fingerprint density at radius 3 is 2.50 bits per heavy atom. The van der Waals surface area contributed by atoms with Gasteiger partial charge in [-0.2, -0.15) is 0 Å². The zero-order valence-electron chi connectivity index (χ0n) is 11.9. The van der Waals surface area contributed by atoms with Crippen molar-refractivity contribution in [3.8, 4) is 5.75 Å². The van der Waals surface area contributed by atoms with Crippen LogP contribution in [-0.2, 0) is 12.8 Å². The third-order valence-electron chi connectivity index (χ3n) is 3.46. The fourth-order valence-electron chi connectivity index (χ4n) is 2.40. The molecular weight excluding hydrogens is 253 g/mol. The van der Waals surface area contributed by atoms with Gasteiger partial charge in [0.2, 0.25) is 0 Å². The second-order valence-electron chi connectivity index (χ2n) is 5.05. The molecule has 0 bridgehead atoms. The van der Waals surface area contributed by atoms with Gasteiger partial charge in [-0.15, -0.1) is 0 Å². The lowest BCUT2D eigenvalue weighted by Gasteiger charge is -2.15. The molecule has 0 saturated carbocycles. The van der Waals surface area contributed by atoms with E-state index in [1.165, 1.54) is 6.07 Å². The second-order valence-corrected chi connectivity index (χ2v) is 5.05. The summed E-state index contributed by atoms with van der Waals surface area (Å²) < 4.78 is 18.4. The van der Waals surface area contributed by atoms with Gasteiger partial charge in [0.05, 0.1) is 7.11 Å². The summed E-state index contributed by atoms with van der Waals surface area (Å²) in [6, 6.07) is 12.7. The Kier molecular flexibility index (Phi) is 4.74. The zero-order valence-corrected chi connectivity index (χ0v) is 11.9. The van der Waals surface area contributed by atoms with Crippen LogP contribution in [0.2, 0.25) is 0 Å². The molecule has 3 heteroatoms. The third-order valence-corrected chi connectivity index (χ3v) is 3.46. The number of methoxy groups -OCH3 is 1. The summed E-state index contributed by atoms with van der Waals surface area (Å²) in [5.41, 5.74) is 9.35. The van der Waals surface area contributed by atoms with E-state index in [-0.39, 0.29) is 11.9 Å². The van der Waals surface area contributed by atoms with Crippen LogP contribution >= 0.6 is 0 Å². The molecule has 2 N–H and O–H groups in total. The summed E-state index contributed by atoms with van der Waals surface area (Å²) in [6.45, 7) is 1.91. The van der Waals surface area contributed by atoms with E-state index >= 15 is 0 Å². The minimum Gasteiger partial charge on any atom is -0.496 e. The Balaban J connectivity index is 2.07. The third kappa shape index (κ3) is 3.58. The highest BCUT2D eigenvalue weighted by atomic mass is 19.1. The van der Waals surface area contributed by atoms with E-state index < -0.39 is 0 Å². The van der Waals surface area contributed by atoms with Crippen LogP contribution in [0.4, 0.5) is 4.39 Å². The Bertz CT molecular complexity index is 583. The van der Waals surface area contributed by atoms with E-state index in [2.05, 4.69) is 0 Å². The first kappa shape index (κ1) is 14.5. The maximum absolute atomic E-state index is 13.1. The van der Waals surface area contributed by atoms with Gasteiger partial charge in [0.15, 0.2) is 0 Å². The van der Waals surface area contributed by atoms with Crippen LogP contribution in [0.15, 0.2) is 42.5 Å². The number of para-hydroxylation sites is 1. The van der Waals surface area contributed by atoms with Crippen LogP contribution < -0.4 is 10.5 Å². The summed E-state index contributed by atoms with van der Waals surface area (Å²) in [5, 5.41) is 0. The van der Waals surface area contributed by atoms with Crippen LogP contribution in [0.25, 0.3) is 0 Å². The molecule has 0 aliphatic carbocycles. The van der Waals surface area contributed by atoms with E-state index in [0.717, 1.165) is 35.3 Å². The molecule has 1 atom stereocenters. The highest BCUT2D eigenvalue weighted by Crippen LogP contribution is 2.20. The molecule has 2 aromatic carbocycles. The second kappa shape index (κ2) is 6.53. The quantitative estimate of drug-likeness (QED) is 0.907. The van der Waals surface area contributed by atoms with Crippen molar-refractivity contribution in [2.75, 3.05) is 7.11 Å². The van der Waals surface area contributed by atoms with Gasteiger partial charge in [0.1, 0.15) is 11.6 Å².